The molecule has 2 aromatic carbocycles. The molecule has 6 nitrogen and oxygen atoms in total. The van der Waals surface area contributed by atoms with Gasteiger partial charge in [0.1, 0.15) is 5.75 Å². The lowest BCUT2D eigenvalue weighted by Crippen LogP contribution is -2.28. The van der Waals surface area contributed by atoms with Crippen LogP contribution in [0.4, 0.5) is 16.2 Å². The van der Waals surface area contributed by atoms with Gasteiger partial charge in [-0.2, -0.15) is 0 Å². The number of nitrogens with one attached hydrogen (secondary N) is 3. The molecule has 0 aliphatic heterocycles. The van der Waals surface area contributed by atoms with Crippen molar-refractivity contribution in [1.82, 2.24) is 5.32 Å². The summed E-state index contributed by atoms with van der Waals surface area (Å²) >= 11 is 0. The van der Waals surface area contributed by atoms with E-state index in [0.29, 0.717) is 23.7 Å². The number of hydrogen-bond donors (Lipinski definition) is 3. The Kier molecular flexibility index (Phi) is 6.59. The summed E-state index contributed by atoms with van der Waals surface area (Å²) in [5.74, 6) is 0.539. The molecular weight excluding hydrogens is 318 g/mol. The molecule has 0 radical (unpaired) electrons. The maximum absolute atomic E-state index is 12.2. The number of urea groups is 1. The molecule has 0 bridgehead atoms. The maximum atomic E-state index is 12.2. The third-order valence-electron chi connectivity index (χ3n) is 3.38. The Labute approximate surface area is 146 Å². The quantitative estimate of drug-likeness (QED) is 0.678. The fourth-order valence-corrected chi connectivity index (χ4v) is 2.20. The van der Waals surface area contributed by atoms with E-state index in [1.165, 1.54) is 0 Å². The first kappa shape index (κ1) is 18.1. The number of hydrogen-bond acceptors (Lipinski definition) is 3. The van der Waals surface area contributed by atoms with E-state index in [4.69, 9.17) is 4.74 Å². The number of anilines is 2. The second kappa shape index (κ2) is 9.12. The Morgan fingerprint density at radius 1 is 1.04 bits per heavy atom. The first-order chi connectivity index (χ1) is 12.1. The average molecular weight is 339 g/mol. The highest BCUT2D eigenvalue weighted by molar-refractivity contribution is 5.93. The van der Waals surface area contributed by atoms with Gasteiger partial charge in [0.2, 0.25) is 5.91 Å². The molecule has 3 N–H and O–H groups in total. The summed E-state index contributed by atoms with van der Waals surface area (Å²) in [7, 11) is 1.58. The van der Waals surface area contributed by atoms with Crippen molar-refractivity contribution in [2.75, 3.05) is 24.3 Å². The van der Waals surface area contributed by atoms with Crippen LogP contribution in [-0.4, -0.2) is 25.6 Å². The highest BCUT2D eigenvalue weighted by Gasteiger charge is 2.08. The van der Waals surface area contributed by atoms with Gasteiger partial charge in [0.15, 0.2) is 0 Å². The smallest absolute Gasteiger partial charge is 0.319 e. The fourth-order valence-electron chi connectivity index (χ4n) is 2.20. The SMILES string of the molecule is C=CCNC(=O)Nc1ccc(NC(=O)Cc2ccccc2OC)cc1. The number of para-hydroxylation sites is 1. The lowest BCUT2D eigenvalue weighted by atomic mass is 10.1. The van der Waals surface area contributed by atoms with Crippen LogP contribution >= 0.6 is 0 Å². The Morgan fingerprint density at radius 2 is 1.68 bits per heavy atom. The third-order valence-corrected chi connectivity index (χ3v) is 3.38. The van der Waals surface area contributed by atoms with Gasteiger partial charge >= 0.3 is 6.03 Å². The van der Waals surface area contributed by atoms with E-state index in [1.54, 1.807) is 37.5 Å². The van der Waals surface area contributed by atoms with Crippen LogP contribution in [0, 0.1) is 0 Å². The largest absolute Gasteiger partial charge is 0.496 e. The molecule has 3 amide bonds. The molecule has 0 aliphatic rings. The highest BCUT2D eigenvalue weighted by Crippen LogP contribution is 2.19. The van der Waals surface area contributed by atoms with Crippen LogP contribution in [0.5, 0.6) is 5.75 Å². The average Bonchev–Trinajstić information content (AvgIpc) is 2.62. The fraction of sp³-hybridized carbons (Fsp3) is 0.158. The first-order valence-electron chi connectivity index (χ1n) is 7.80. The Balaban J connectivity index is 1.91. The van der Waals surface area contributed by atoms with Crippen LogP contribution in [0.2, 0.25) is 0 Å². The number of ether oxygens (including phenoxy) is 1. The van der Waals surface area contributed by atoms with Gasteiger partial charge in [-0.1, -0.05) is 24.3 Å². The molecule has 0 fully saturated rings. The summed E-state index contributed by atoms with van der Waals surface area (Å²) in [4.78, 5) is 23.7. The zero-order valence-corrected chi connectivity index (χ0v) is 14.0. The Hall–Kier alpha value is -3.28. The molecule has 2 aromatic rings. The molecule has 0 unspecified atom stereocenters. The van der Waals surface area contributed by atoms with E-state index >= 15 is 0 Å². The molecule has 0 saturated carbocycles. The van der Waals surface area contributed by atoms with Crippen molar-refractivity contribution in [3.63, 3.8) is 0 Å². The van der Waals surface area contributed by atoms with Crippen LogP contribution in [-0.2, 0) is 11.2 Å². The lowest BCUT2D eigenvalue weighted by molar-refractivity contribution is -0.115. The van der Waals surface area contributed by atoms with Gasteiger partial charge in [0.25, 0.3) is 0 Å². The molecule has 0 aromatic heterocycles. The van der Waals surface area contributed by atoms with Crippen molar-refractivity contribution in [1.29, 1.82) is 0 Å². The summed E-state index contributed by atoms with van der Waals surface area (Å²) < 4.78 is 5.24. The minimum absolute atomic E-state index is 0.145. The minimum Gasteiger partial charge on any atom is -0.496 e. The molecule has 0 heterocycles. The van der Waals surface area contributed by atoms with Crippen LogP contribution in [0.15, 0.2) is 61.2 Å². The van der Waals surface area contributed by atoms with E-state index < -0.39 is 0 Å². The van der Waals surface area contributed by atoms with Crippen LogP contribution in [0.3, 0.4) is 0 Å². The predicted molar refractivity (Wildman–Crippen MR) is 99.0 cm³/mol. The second-order valence-corrected chi connectivity index (χ2v) is 5.24. The van der Waals surface area contributed by atoms with Crippen LogP contribution in [0.1, 0.15) is 5.56 Å². The summed E-state index contributed by atoms with van der Waals surface area (Å²) in [6, 6.07) is 14.0. The number of methoxy groups -OCH3 is 1. The normalized spacial score (nSPS) is 9.80. The van der Waals surface area contributed by atoms with Crippen molar-refractivity contribution >= 4 is 23.3 Å². The van der Waals surface area contributed by atoms with Crippen molar-refractivity contribution in [3.8, 4) is 5.75 Å². The number of benzene rings is 2. The van der Waals surface area contributed by atoms with E-state index in [2.05, 4.69) is 22.5 Å². The van der Waals surface area contributed by atoms with Gasteiger partial charge in [-0.25, -0.2) is 4.79 Å². The zero-order valence-electron chi connectivity index (χ0n) is 14.0. The molecular formula is C19H21N3O3. The van der Waals surface area contributed by atoms with E-state index in [-0.39, 0.29) is 18.4 Å². The second-order valence-electron chi connectivity index (χ2n) is 5.24. The van der Waals surface area contributed by atoms with Crippen LogP contribution in [0.25, 0.3) is 0 Å². The predicted octanol–water partition coefficient (Wildman–Crippen LogP) is 3.18. The lowest BCUT2D eigenvalue weighted by Gasteiger charge is -2.10. The van der Waals surface area contributed by atoms with Gasteiger partial charge in [0.05, 0.1) is 13.5 Å². The van der Waals surface area contributed by atoms with Gasteiger partial charge in [0, 0.05) is 23.5 Å². The number of amides is 3. The topological polar surface area (TPSA) is 79.5 Å². The summed E-state index contributed by atoms with van der Waals surface area (Å²) in [5.41, 5.74) is 2.10. The summed E-state index contributed by atoms with van der Waals surface area (Å²) in [6.45, 7) is 3.92. The molecule has 0 saturated heterocycles. The van der Waals surface area contributed by atoms with Gasteiger partial charge in [-0.05, 0) is 30.3 Å². The van der Waals surface area contributed by atoms with Crippen molar-refractivity contribution < 1.29 is 14.3 Å². The number of carbonyl (C=O) groups excluding carboxylic acids is 2. The number of rotatable bonds is 7. The molecule has 0 atom stereocenters. The van der Waals surface area contributed by atoms with E-state index in [9.17, 15) is 9.59 Å². The van der Waals surface area contributed by atoms with Gasteiger partial charge < -0.3 is 20.7 Å². The summed E-state index contributed by atoms with van der Waals surface area (Å²) in [6.07, 6.45) is 1.81. The van der Waals surface area contributed by atoms with E-state index in [1.807, 2.05) is 24.3 Å². The Bertz CT molecular complexity index is 742. The van der Waals surface area contributed by atoms with Crippen molar-refractivity contribution in [2.24, 2.45) is 0 Å². The molecule has 0 aliphatic carbocycles. The molecule has 0 spiro atoms. The van der Waals surface area contributed by atoms with Crippen molar-refractivity contribution in [3.05, 3.63) is 66.7 Å². The molecule has 2 rings (SSSR count). The molecule has 25 heavy (non-hydrogen) atoms. The first-order valence-corrected chi connectivity index (χ1v) is 7.80. The maximum Gasteiger partial charge on any atom is 0.319 e. The van der Waals surface area contributed by atoms with E-state index in [0.717, 1.165) is 5.56 Å². The Morgan fingerprint density at radius 3 is 2.32 bits per heavy atom. The highest BCUT2D eigenvalue weighted by atomic mass is 16.5. The molecule has 6 heteroatoms. The van der Waals surface area contributed by atoms with Crippen LogP contribution < -0.4 is 20.7 Å². The van der Waals surface area contributed by atoms with Gasteiger partial charge in [-0.15, -0.1) is 6.58 Å². The summed E-state index contributed by atoms with van der Waals surface area (Å²) in [5, 5.41) is 8.12. The van der Waals surface area contributed by atoms with Crippen molar-refractivity contribution in [2.45, 2.75) is 6.42 Å². The zero-order chi connectivity index (χ0) is 18.1. The monoisotopic (exact) mass is 339 g/mol. The third kappa shape index (κ3) is 5.69. The number of carbonyl (C=O) groups is 2. The standard InChI is InChI=1S/C19H21N3O3/c1-3-12-20-19(24)22-16-10-8-15(9-11-16)21-18(23)13-14-6-4-5-7-17(14)25-2/h3-11H,1,12-13H2,2H3,(H,21,23)(H2,20,22,24). The minimum atomic E-state index is -0.312. The van der Waals surface area contributed by atoms with Gasteiger partial charge in [-0.3, -0.25) is 4.79 Å². The molecule has 130 valence electrons.